The molecule has 1 aromatic heterocycles. The summed E-state index contributed by atoms with van der Waals surface area (Å²) in [5.41, 5.74) is 0.517. The first-order chi connectivity index (χ1) is 6.69. The molecule has 3 nitrogen and oxygen atoms in total. The SMILES string of the molecule is CCSc1ccc(N(C)C)nc1C#N. The minimum absolute atomic E-state index is 0.517. The van der Waals surface area contributed by atoms with E-state index in [1.165, 1.54) is 0 Å². The van der Waals surface area contributed by atoms with Crippen molar-refractivity contribution >= 4 is 17.6 Å². The predicted octanol–water partition coefficient (Wildman–Crippen LogP) is 2.13. The molecule has 0 aliphatic carbocycles. The number of nitriles is 1. The second-order valence-electron chi connectivity index (χ2n) is 2.96. The number of rotatable bonds is 3. The first-order valence-corrected chi connectivity index (χ1v) is 5.39. The van der Waals surface area contributed by atoms with Gasteiger partial charge in [0.15, 0.2) is 5.69 Å². The Labute approximate surface area is 88.8 Å². The fraction of sp³-hybridized carbons (Fsp3) is 0.400. The number of nitrogens with zero attached hydrogens (tertiary/aromatic N) is 3. The lowest BCUT2D eigenvalue weighted by atomic mass is 10.3. The van der Waals surface area contributed by atoms with E-state index in [1.54, 1.807) is 11.8 Å². The molecule has 14 heavy (non-hydrogen) atoms. The summed E-state index contributed by atoms with van der Waals surface area (Å²) in [5, 5.41) is 8.91. The van der Waals surface area contributed by atoms with Crippen molar-refractivity contribution in [1.29, 1.82) is 5.26 Å². The summed E-state index contributed by atoms with van der Waals surface area (Å²) in [6.07, 6.45) is 0. The molecule has 0 aliphatic rings. The van der Waals surface area contributed by atoms with Gasteiger partial charge in [0.2, 0.25) is 0 Å². The van der Waals surface area contributed by atoms with E-state index in [1.807, 2.05) is 31.1 Å². The van der Waals surface area contributed by atoms with Crippen LogP contribution >= 0.6 is 11.8 Å². The Morgan fingerprint density at radius 2 is 2.21 bits per heavy atom. The smallest absolute Gasteiger partial charge is 0.156 e. The fourth-order valence-electron chi connectivity index (χ4n) is 1.04. The quantitative estimate of drug-likeness (QED) is 0.712. The highest BCUT2D eigenvalue weighted by Crippen LogP contribution is 2.22. The lowest BCUT2D eigenvalue weighted by Gasteiger charge is -2.12. The van der Waals surface area contributed by atoms with E-state index in [2.05, 4.69) is 18.0 Å². The van der Waals surface area contributed by atoms with Crippen molar-refractivity contribution in [3.05, 3.63) is 17.8 Å². The molecule has 1 heterocycles. The Morgan fingerprint density at radius 3 is 2.71 bits per heavy atom. The maximum Gasteiger partial charge on any atom is 0.156 e. The normalized spacial score (nSPS) is 9.57. The van der Waals surface area contributed by atoms with Crippen LogP contribution in [0.4, 0.5) is 5.82 Å². The second-order valence-corrected chi connectivity index (χ2v) is 4.26. The highest BCUT2D eigenvalue weighted by Gasteiger charge is 2.05. The minimum atomic E-state index is 0.517. The van der Waals surface area contributed by atoms with Crippen LogP contribution in [0, 0.1) is 11.3 Å². The molecule has 0 unspecified atom stereocenters. The van der Waals surface area contributed by atoms with Crippen LogP contribution in [0.1, 0.15) is 12.6 Å². The maximum atomic E-state index is 8.91. The van der Waals surface area contributed by atoms with Gasteiger partial charge >= 0.3 is 0 Å². The van der Waals surface area contributed by atoms with Crippen LogP contribution in [0.5, 0.6) is 0 Å². The molecular weight excluding hydrogens is 194 g/mol. The number of anilines is 1. The number of hydrogen-bond acceptors (Lipinski definition) is 4. The summed E-state index contributed by atoms with van der Waals surface area (Å²) in [6, 6.07) is 6.00. The van der Waals surface area contributed by atoms with Gasteiger partial charge in [0.25, 0.3) is 0 Å². The molecule has 0 saturated carbocycles. The average molecular weight is 207 g/mol. The zero-order valence-electron chi connectivity index (χ0n) is 8.61. The highest BCUT2D eigenvalue weighted by molar-refractivity contribution is 7.99. The molecule has 0 radical (unpaired) electrons. The van der Waals surface area contributed by atoms with Gasteiger partial charge in [-0.15, -0.1) is 11.8 Å². The van der Waals surface area contributed by atoms with Gasteiger partial charge in [0.1, 0.15) is 11.9 Å². The summed E-state index contributed by atoms with van der Waals surface area (Å²) >= 11 is 1.64. The Morgan fingerprint density at radius 1 is 1.50 bits per heavy atom. The topological polar surface area (TPSA) is 39.9 Å². The van der Waals surface area contributed by atoms with Gasteiger partial charge in [-0.05, 0) is 17.9 Å². The molecule has 1 aromatic rings. The molecule has 0 N–H and O–H groups in total. The molecule has 0 bridgehead atoms. The average Bonchev–Trinajstić information content (AvgIpc) is 2.18. The van der Waals surface area contributed by atoms with Crippen molar-refractivity contribution in [1.82, 2.24) is 4.98 Å². The van der Waals surface area contributed by atoms with Crippen molar-refractivity contribution in [3.63, 3.8) is 0 Å². The standard InChI is InChI=1S/C10H13N3S/c1-4-14-9-5-6-10(13(2)3)12-8(9)7-11/h5-6H,4H2,1-3H3. The molecule has 0 aliphatic heterocycles. The molecule has 74 valence electrons. The van der Waals surface area contributed by atoms with Crippen LogP contribution in [-0.2, 0) is 0 Å². The Balaban J connectivity index is 3.07. The summed E-state index contributed by atoms with van der Waals surface area (Å²) < 4.78 is 0. The summed E-state index contributed by atoms with van der Waals surface area (Å²) in [7, 11) is 3.83. The van der Waals surface area contributed by atoms with Gasteiger partial charge < -0.3 is 4.90 Å². The van der Waals surface area contributed by atoms with Crippen LogP contribution in [0.3, 0.4) is 0 Å². The molecule has 0 amide bonds. The molecule has 0 atom stereocenters. The largest absolute Gasteiger partial charge is 0.363 e. The first kappa shape index (κ1) is 10.9. The zero-order chi connectivity index (χ0) is 10.6. The van der Waals surface area contributed by atoms with E-state index >= 15 is 0 Å². The van der Waals surface area contributed by atoms with E-state index in [4.69, 9.17) is 5.26 Å². The van der Waals surface area contributed by atoms with Gasteiger partial charge in [0, 0.05) is 19.0 Å². The number of aromatic nitrogens is 1. The number of thioether (sulfide) groups is 1. The van der Waals surface area contributed by atoms with Crippen molar-refractivity contribution in [2.45, 2.75) is 11.8 Å². The molecule has 0 fully saturated rings. The van der Waals surface area contributed by atoms with Crippen LogP contribution in [0.25, 0.3) is 0 Å². The maximum absolute atomic E-state index is 8.91. The number of pyridine rings is 1. The fourth-order valence-corrected chi connectivity index (χ4v) is 1.74. The van der Waals surface area contributed by atoms with Gasteiger partial charge in [-0.2, -0.15) is 5.26 Å². The van der Waals surface area contributed by atoms with Crippen molar-refractivity contribution in [2.24, 2.45) is 0 Å². The van der Waals surface area contributed by atoms with Crippen LogP contribution in [-0.4, -0.2) is 24.8 Å². The summed E-state index contributed by atoms with van der Waals surface area (Å²) in [4.78, 5) is 7.10. The van der Waals surface area contributed by atoms with E-state index in [0.717, 1.165) is 16.5 Å². The third kappa shape index (κ3) is 2.39. The third-order valence-corrected chi connectivity index (χ3v) is 2.64. The van der Waals surface area contributed by atoms with Gasteiger partial charge in [0.05, 0.1) is 0 Å². The van der Waals surface area contributed by atoms with Crippen molar-refractivity contribution in [3.8, 4) is 6.07 Å². The Kier molecular flexibility index (Phi) is 3.78. The lowest BCUT2D eigenvalue weighted by Crippen LogP contribution is -2.11. The first-order valence-electron chi connectivity index (χ1n) is 4.40. The predicted molar refractivity (Wildman–Crippen MR) is 59.7 cm³/mol. The number of hydrogen-bond donors (Lipinski definition) is 0. The van der Waals surface area contributed by atoms with Crippen LogP contribution in [0.15, 0.2) is 17.0 Å². The molecule has 0 aromatic carbocycles. The van der Waals surface area contributed by atoms with Crippen molar-refractivity contribution in [2.75, 3.05) is 24.7 Å². The molecular formula is C10H13N3S. The van der Waals surface area contributed by atoms with Gasteiger partial charge in [-0.1, -0.05) is 6.92 Å². The Hall–Kier alpha value is -1.21. The van der Waals surface area contributed by atoms with Crippen molar-refractivity contribution < 1.29 is 0 Å². The highest BCUT2D eigenvalue weighted by atomic mass is 32.2. The summed E-state index contributed by atoms with van der Waals surface area (Å²) in [5.74, 6) is 1.78. The Bertz CT molecular complexity index is 355. The van der Waals surface area contributed by atoms with E-state index in [9.17, 15) is 0 Å². The molecule has 0 spiro atoms. The van der Waals surface area contributed by atoms with E-state index in [-0.39, 0.29) is 0 Å². The van der Waals surface area contributed by atoms with Gasteiger partial charge in [-0.3, -0.25) is 0 Å². The van der Waals surface area contributed by atoms with E-state index in [0.29, 0.717) is 5.69 Å². The summed E-state index contributed by atoms with van der Waals surface area (Å²) in [6.45, 7) is 2.06. The zero-order valence-corrected chi connectivity index (χ0v) is 9.43. The second kappa shape index (κ2) is 4.87. The third-order valence-electron chi connectivity index (χ3n) is 1.71. The molecule has 4 heteroatoms. The van der Waals surface area contributed by atoms with Crippen LogP contribution < -0.4 is 4.90 Å². The van der Waals surface area contributed by atoms with Crippen LogP contribution in [0.2, 0.25) is 0 Å². The van der Waals surface area contributed by atoms with Gasteiger partial charge in [-0.25, -0.2) is 4.98 Å². The molecule has 0 saturated heterocycles. The minimum Gasteiger partial charge on any atom is -0.363 e. The molecule has 1 rings (SSSR count). The lowest BCUT2D eigenvalue weighted by molar-refractivity contribution is 1.04. The monoisotopic (exact) mass is 207 g/mol. The van der Waals surface area contributed by atoms with E-state index < -0.39 is 0 Å².